The molecule has 2 N–H and O–H groups in total. The lowest BCUT2D eigenvalue weighted by atomic mass is 9.97. The minimum absolute atomic E-state index is 0.167. The summed E-state index contributed by atoms with van der Waals surface area (Å²) in [7, 11) is 0. The number of carbonyl (C=O) groups is 2. The number of carbonyl (C=O) groups excluding carboxylic acids is 2. The van der Waals surface area contributed by atoms with Gasteiger partial charge in [0.25, 0.3) is 11.8 Å². The number of aryl methyl sites for hydroxylation is 2. The molecule has 0 radical (unpaired) electrons. The van der Waals surface area contributed by atoms with Crippen LogP contribution in [0, 0.1) is 13.8 Å². The van der Waals surface area contributed by atoms with Crippen molar-refractivity contribution >= 4 is 17.9 Å². The quantitative estimate of drug-likeness (QED) is 0.531. The molecule has 0 fully saturated rings. The Bertz CT molecular complexity index is 924. The molecule has 2 amide bonds. The van der Waals surface area contributed by atoms with Crippen molar-refractivity contribution < 1.29 is 14.0 Å². The third kappa shape index (κ3) is 5.95. The molecule has 152 valence electrons. The Labute approximate surface area is 171 Å². The van der Waals surface area contributed by atoms with E-state index in [0.29, 0.717) is 17.9 Å². The zero-order valence-corrected chi connectivity index (χ0v) is 17.1. The lowest BCUT2D eigenvalue weighted by molar-refractivity contribution is -0.117. The van der Waals surface area contributed by atoms with Crippen LogP contribution in [0.5, 0.6) is 0 Å². The zero-order valence-electron chi connectivity index (χ0n) is 17.1. The Morgan fingerprint density at radius 2 is 2.00 bits per heavy atom. The van der Waals surface area contributed by atoms with Gasteiger partial charge in [-0.3, -0.25) is 9.59 Å². The molecule has 1 aromatic carbocycles. The second-order valence-corrected chi connectivity index (χ2v) is 7.44. The van der Waals surface area contributed by atoms with Gasteiger partial charge in [0.1, 0.15) is 11.5 Å². The first kappa shape index (κ1) is 20.6. The molecule has 1 aliphatic rings. The van der Waals surface area contributed by atoms with Gasteiger partial charge in [0, 0.05) is 18.2 Å². The van der Waals surface area contributed by atoms with Crippen LogP contribution in [0.2, 0.25) is 0 Å². The average Bonchev–Trinajstić information content (AvgIpc) is 3.23. The van der Waals surface area contributed by atoms with Crippen molar-refractivity contribution in [3.63, 3.8) is 0 Å². The van der Waals surface area contributed by atoms with Gasteiger partial charge in [-0.15, -0.1) is 0 Å². The van der Waals surface area contributed by atoms with Crippen molar-refractivity contribution in [3.05, 3.63) is 76.4 Å². The summed E-state index contributed by atoms with van der Waals surface area (Å²) < 4.78 is 5.32. The standard InChI is InChI=1S/C24H28N2O3/c1-17-10-11-20(15-18(17)2)23(27)26-22(16-21-9-6-14-29-21)24(28)25-13-12-19-7-4-3-5-8-19/h6-7,9-11,14-16H,3-5,8,12-13H2,1-2H3,(H,25,28)(H,26,27)/b22-16+. The maximum absolute atomic E-state index is 12.7. The molecule has 0 bridgehead atoms. The number of benzene rings is 1. The third-order valence-corrected chi connectivity index (χ3v) is 5.21. The molecular weight excluding hydrogens is 364 g/mol. The number of furan rings is 1. The van der Waals surface area contributed by atoms with Crippen LogP contribution in [0.15, 0.2) is 58.4 Å². The molecular formula is C24H28N2O3. The molecule has 5 nitrogen and oxygen atoms in total. The van der Waals surface area contributed by atoms with E-state index in [2.05, 4.69) is 16.7 Å². The second kappa shape index (κ2) is 9.92. The van der Waals surface area contributed by atoms with Crippen molar-refractivity contribution in [2.45, 2.75) is 46.0 Å². The fourth-order valence-corrected chi connectivity index (χ4v) is 3.31. The number of nitrogens with one attached hydrogen (secondary N) is 2. The van der Waals surface area contributed by atoms with Gasteiger partial charge in [0.05, 0.1) is 6.26 Å². The van der Waals surface area contributed by atoms with Gasteiger partial charge >= 0.3 is 0 Å². The zero-order chi connectivity index (χ0) is 20.6. The fraction of sp³-hybridized carbons (Fsp3) is 0.333. The van der Waals surface area contributed by atoms with Crippen molar-refractivity contribution in [2.24, 2.45) is 0 Å². The topological polar surface area (TPSA) is 71.3 Å². The van der Waals surface area contributed by atoms with Gasteiger partial charge in [-0.25, -0.2) is 0 Å². The maximum atomic E-state index is 12.7. The van der Waals surface area contributed by atoms with E-state index in [1.54, 1.807) is 24.3 Å². The average molecular weight is 392 g/mol. The van der Waals surface area contributed by atoms with Crippen LogP contribution in [0.1, 0.15) is 59.3 Å². The van der Waals surface area contributed by atoms with Crippen LogP contribution < -0.4 is 10.6 Å². The van der Waals surface area contributed by atoms with Crippen LogP contribution in [-0.2, 0) is 4.79 Å². The van der Waals surface area contributed by atoms with Crippen LogP contribution in [0.3, 0.4) is 0 Å². The summed E-state index contributed by atoms with van der Waals surface area (Å²) in [6, 6.07) is 8.96. The van der Waals surface area contributed by atoms with Crippen molar-refractivity contribution in [3.8, 4) is 0 Å². The molecule has 0 saturated carbocycles. The van der Waals surface area contributed by atoms with Gasteiger partial charge in [0.2, 0.25) is 0 Å². The number of hydrogen-bond acceptors (Lipinski definition) is 3. The third-order valence-electron chi connectivity index (χ3n) is 5.21. The van der Waals surface area contributed by atoms with Crippen LogP contribution in [0.25, 0.3) is 6.08 Å². The SMILES string of the molecule is Cc1ccc(C(=O)N/C(=C/c2ccco2)C(=O)NCCC2=CCCCC2)cc1C. The van der Waals surface area contributed by atoms with E-state index >= 15 is 0 Å². The fourth-order valence-electron chi connectivity index (χ4n) is 3.31. The summed E-state index contributed by atoms with van der Waals surface area (Å²) in [5.41, 5.74) is 4.22. The maximum Gasteiger partial charge on any atom is 0.267 e. The first-order valence-corrected chi connectivity index (χ1v) is 10.1. The Kier molecular flexibility index (Phi) is 7.06. The minimum Gasteiger partial charge on any atom is -0.465 e. The summed E-state index contributed by atoms with van der Waals surface area (Å²) in [4.78, 5) is 25.4. The molecule has 0 atom stereocenters. The number of amides is 2. The smallest absolute Gasteiger partial charge is 0.267 e. The van der Waals surface area contributed by atoms with E-state index in [-0.39, 0.29) is 17.5 Å². The minimum atomic E-state index is -0.324. The highest BCUT2D eigenvalue weighted by Crippen LogP contribution is 2.19. The molecule has 2 aromatic rings. The van der Waals surface area contributed by atoms with E-state index in [4.69, 9.17) is 4.42 Å². The highest BCUT2D eigenvalue weighted by Gasteiger charge is 2.16. The number of rotatable bonds is 7. The Morgan fingerprint density at radius 1 is 1.14 bits per heavy atom. The van der Waals surface area contributed by atoms with E-state index in [0.717, 1.165) is 30.4 Å². The summed E-state index contributed by atoms with van der Waals surface area (Å²) in [6.45, 7) is 4.49. The Morgan fingerprint density at radius 3 is 2.69 bits per heavy atom. The van der Waals surface area contributed by atoms with E-state index in [9.17, 15) is 9.59 Å². The largest absolute Gasteiger partial charge is 0.465 e. The van der Waals surface area contributed by atoms with Gasteiger partial charge < -0.3 is 15.1 Å². The molecule has 29 heavy (non-hydrogen) atoms. The van der Waals surface area contributed by atoms with Gasteiger partial charge in [-0.1, -0.05) is 17.7 Å². The Balaban J connectivity index is 1.68. The molecule has 1 aromatic heterocycles. The van der Waals surface area contributed by atoms with E-state index in [1.165, 1.54) is 24.7 Å². The van der Waals surface area contributed by atoms with Gasteiger partial charge in [-0.2, -0.15) is 0 Å². The summed E-state index contributed by atoms with van der Waals surface area (Å²) in [5, 5.41) is 5.66. The van der Waals surface area contributed by atoms with Gasteiger partial charge in [-0.05, 0) is 81.3 Å². The van der Waals surface area contributed by atoms with Crippen molar-refractivity contribution in [2.75, 3.05) is 6.54 Å². The number of allylic oxidation sites excluding steroid dienone is 1. The normalized spacial score (nSPS) is 14.3. The lowest BCUT2D eigenvalue weighted by Crippen LogP contribution is -2.35. The summed E-state index contributed by atoms with van der Waals surface area (Å²) in [5.74, 6) is -0.142. The predicted molar refractivity (Wildman–Crippen MR) is 114 cm³/mol. The molecule has 0 spiro atoms. The second-order valence-electron chi connectivity index (χ2n) is 7.44. The van der Waals surface area contributed by atoms with E-state index < -0.39 is 0 Å². The molecule has 0 unspecified atom stereocenters. The molecule has 5 heteroatoms. The van der Waals surface area contributed by atoms with Crippen LogP contribution in [0.4, 0.5) is 0 Å². The molecule has 1 aliphatic carbocycles. The monoisotopic (exact) mass is 392 g/mol. The van der Waals surface area contributed by atoms with Crippen molar-refractivity contribution in [1.82, 2.24) is 10.6 Å². The first-order chi connectivity index (χ1) is 14.0. The molecule has 3 rings (SSSR count). The van der Waals surface area contributed by atoms with Crippen LogP contribution in [-0.4, -0.2) is 18.4 Å². The first-order valence-electron chi connectivity index (χ1n) is 10.1. The van der Waals surface area contributed by atoms with Crippen molar-refractivity contribution in [1.29, 1.82) is 0 Å². The van der Waals surface area contributed by atoms with E-state index in [1.807, 2.05) is 26.0 Å². The molecule has 1 heterocycles. The Hall–Kier alpha value is -3.08. The highest BCUT2D eigenvalue weighted by molar-refractivity contribution is 6.05. The highest BCUT2D eigenvalue weighted by atomic mass is 16.3. The van der Waals surface area contributed by atoms with Crippen LogP contribution >= 0.6 is 0 Å². The number of hydrogen-bond donors (Lipinski definition) is 2. The molecule has 0 saturated heterocycles. The van der Waals surface area contributed by atoms with Gasteiger partial charge in [0.15, 0.2) is 0 Å². The summed E-state index contributed by atoms with van der Waals surface area (Å²) >= 11 is 0. The lowest BCUT2D eigenvalue weighted by Gasteiger charge is -2.14. The summed E-state index contributed by atoms with van der Waals surface area (Å²) in [6.07, 6.45) is 10.9. The molecule has 0 aliphatic heterocycles. The predicted octanol–water partition coefficient (Wildman–Crippen LogP) is 4.67.